The van der Waals surface area contributed by atoms with Crippen molar-refractivity contribution in [2.45, 2.75) is 26.2 Å². The zero-order valence-corrected chi connectivity index (χ0v) is 11.7. The van der Waals surface area contributed by atoms with Crippen molar-refractivity contribution in [3.05, 3.63) is 29.3 Å². The molecule has 0 saturated heterocycles. The average molecular weight is 278 g/mol. The van der Waals surface area contributed by atoms with Crippen LogP contribution in [0.1, 0.15) is 30.9 Å². The second-order valence-electron chi connectivity index (χ2n) is 4.40. The van der Waals surface area contributed by atoms with Crippen LogP contribution >= 0.6 is 0 Å². The molecule has 0 amide bonds. The van der Waals surface area contributed by atoms with Crippen LogP contribution in [0, 0.1) is 0 Å². The van der Waals surface area contributed by atoms with Crippen LogP contribution in [0.3, 0.4) is 0 Å². The first-order valence-electron chi connectivity index (χ1n) is 6.76. The van der Waals surface area contributed by atoms with E-state index in [1.165, 1.54) is 0 Å². The fraction of sp³-hybridized carbons (Fsp3) is 0.467. The topological polar surface area (TPSA) is 61.8 Å². The Hall–Kier alpha value is -2.04. The molecule has 1 heterocycles. The summed E-state index contributed by atoms with van der Waals surface area (Å²) in [5.74, 6) is -1.38. The van der Waals surface area contributed by atoms with Crippen molar-refractivity contribution in [3.8, 4) is 5.75 Å². The van der Waals surface area contributed by atoms with Crippen LogP contribution in [0.15, 0.2) is 18.2 Å². The van der Waals surface area contributed by atoms with E-state index in [-0.39, 0.29) is 13.2 Å². The van der Waals surface area contributed by atoms with E-state index in [0.29, 0.717) is 12.2 Å². The Kier molecular flexibility index (Phi) is 4.61. The fourth-order valence-corrected chi connectivity index (χ4v) is 2.21. The summed E-state index contributed by atoms with van der Waals surface area (Å²) in [6.07, 6.45) is 0.779. The SMILES string of the molecule is CCOC(=O)C(C(=O)OCC)c1ccc2c(c1)CCO2. The van der Waals surface area contributed by atoms with E-state index in [4.69, 9.17) is 14.2 Å². The Balaban J connectivity index is 2.30. The van der Waals surface area contributed by atoms with Gasteiger partial charge in [0, 0.05) is 6.42 Å². The molecule has 1 aliphatic heterocycles. The Morgan fingerprint density at radius 3 is 2.45 bits per heavy atom. The molecular formula is C15H18O5. The van der Waals surface area contributed by atoms with Crippen LogP contribution in [0.2, 0.25) is 0 Å². The lowest BCUT2D eigenvalue weighted by molar-refractivity contribution is -0.156. The van der Waals surface area contributed by atoms with E-state index in [9.17, 15) is 9.59 Å². The summed E-state index contributed by atoms with van der Waals surface area (Å²) in [5, 5.41) is 0. The Bertz CT molecular complexity index is 491. The minimum absolute atomic E-state index is 0.225. The molecule has 0 fully saturated rings. The zero-order chi connectivity index (χ0) is 14.5. The lowest BCUT2D eigenvalue weighted by Crippen LogP contribution is -2.26. The quantitative estimate of drug-likeness (QED) is 0.607. The molecule has 0 unspecified atom stereocenters. The maximum atomic E-state index is 12.0. The second-order valence-corrected chi connectivity index (χ2v) is 4.40. The van der Waals surface area contributed by atoms with Crippen molar-refractivity contribution in [1.29, 1.82) is 0 Å². The summed E-state index contributed by atoms with van der Waals surface area (Å²) in [7, 11) is 0. The smallest absolute Gasteiger partial charge is 0.324 e. The van der Waals surface area contributed by atoms with Gasteiger partial charge >= 0.3 is 11.9 Å². The first kappa shape index (κ1) is 14.4. The molecule has 1 aromatic carbocycles. The number of ether oxygens (including phenoxy) is 3. The van der Waals surface area contributed by atoms with Gasteiger partial charge < -0.3 is 14.2 Å². The third-order valence-corrected chi connectivity index (χ3v) is 3.09. The molecule has 5 heteroatoms. The van der Waals surface area contributed by atoms with Crippen molar-refractivity contribution in [1.82, 2.24) is 0 Å². The molecule has 20 heavy (non-hydrogen) atoms. The van der Waals surface area contributed by atoms with E-state index < -0.39 is 17.9 Å². The lowest BCUT2D eigenvalue weighted by Gasteiger charge is -2.15. The second kappa shape index (κ2) is 6.41. The number of hydrogen-bond donors (Lipinski definition) is 0. The van der Waals surface area contributed by atoms with E-state index in [1.807, 2.05) is 6.07 Å². The first-order chi connectivity index (χ1) is 9.67. The van der Waals surface area contributed by atoms with Crippen molar-refractivity contribution in [2.24, 2.45) is 0 Å². The van der Waals surface area contributed by atoms with E-state index in [0.717, 1.165) is 17.7 Å². The van der Waals surface area contributed by atoms with Gasteiger partial charge in [0.2, 0.25) is 0 Å². The third kappa shape index (κ3) is 2.92. The molecule has 2 rings (SSSR count). The van der Waals surface area contributed by atoms with E-state index in [2.05, 4.69) is 0 Å². The van der Waals surface area contributed by atoms with Crippen molar-refractivity contribution in [2.75, 3.05) is 19.8 Å². The largest absolute Gasteiger partial charge is 0.493 e. The Morgan fingerprint density at radius 2 is 1.85 bits per heavy atom. The fourth-order valence-electron chi connectivity index (χ4n) is 2.21. The van der Waals surface area contributed by atoms with Gasteiger partial charge in [-0.1, -0.05) is 12.1 Å². The summed E-state index contributed by atoms with van der Waals surface area (Å²) in [6.45, 7) is 4.49. The van der Waals surface area contributed by atoms with Gasteiger partial charge in [0.25, 0.3) is 0 Å². The number of fused-ring (bicyclic) bond motifs is 1. The molecule has 0 radical (unpaired) electrons. The number of carbonyl (C=O) groups is 2. The summed E-state index contributed by atoms with van der Waals surface area (Å²) in [4.78, 5) is 24.0. The van der Waals surface area contributed by atoms with Gasteiger partial charge in [0.05, 0.1) is 19.8 Å². The molecule has 0 spiro atoms. The van der Waals surface area contributed by atoms with Gasteiger partial charge in [0.15, 0.2) is 5.92 Å². The molecule has 0 saturated carbocycles. The molecule has 0 aromatic heterocycles. The summed E-state index contributed by atoms with van der Waals surface area (Å²) < 4.78 is 15.4. The van der Waals surface area contributed by atoms with Gasteiger partial charge in [-0.25, -0.2) is 0 Å². The molecule has 5 nitrogen and oxygen atoms in total. The molecule has 1 aromatic rings. The maximum absolute atomic E-state index is 12.0. The van der Waals surface area contributed by atoms with E-state index in [1.54, 1.807) is 26.0 Å². The number of esters is 2. The average Bonchev–Trinajstić information content (AvgIpc) is 2.87. The number of carbonyl (C=O) groups excluding carboxylic acids is 2. The van der Waals surface area contributed by atoms with Gasteiger partial charge in [-0.15, -0.1) is 0 Å². The molecule has 0 bridgehead atoms. The molecule has 0 atom stereocenters. The van der Waals surface area contributed by atoms with Crippen LogP contribution in [0.25, 0.3) is 0 Å². The normalized spacial score (nSPS) is 12.8. The predicted octanol–water partition coefficient (Wildman–Crippen LogP) is 1.83. The lowest BCUT2D eigenvalue weighted by atomic mass is 9.96. The zero-order valence-electron chi connectivity index (χ0n) is 11.7. The van der Waals surface area contributed by atoms with Gasteiger partial charge in [-0.3, -0.25) is 9.59 Å². The molecule has 108 valence electrons. The summed E-state index contributed by atoms with van der Waals surface area (Å²) in [5.41, 5.74) is 1.59. The van der Waals surface area contributed by atoms with Crippen molar-refractivity contribution >= 4 is 11.9 Å². The Morgan fingerprint density at radius 1 is 1.20 bits per heavy atom. The molecule has 0 N–H and O–H groups in total. The van der Waals surface area contributed by atoms with Crippen LogP contribution < -0.4 is 4.74 Å². The highest BCUT2D eigenvalue weighted by Crippen LogP contribution is 2.30. The van der Waals surface area contributed by atoms with Gasteiger partial charge in [-0.05, 0) is 31.0 Å². The van der Waals surface area contributed by atoms with Crippen molar-refractivity contribution < 1.29 is 23.8 Å². The van der Waals surface area contributed by atoms with E-state index >= 15 is 0 Å². The van der Waals surface area contributed by atoms with Gasteiger partial charge in [0.1, 0.15) is 5.75 Å². The van der Waals surface area contributed by atoms with Crippen LogP contribution in [-0.4, -0.2) is 31.8 Å². The number of hydrogen-bond acceptors (Lipinski definition) is 5. The van der Waals surface area contributed by atoms with Gasteiger partial charge in [-0.2, -0.15) is 0 Å². The monoisotopic (exact) mass is 278 g/mol. The minimum atomic E-state index is -1.03. The summed E-state index contributed by atoms with van der Waals surface area (Å²) >= 11 is 0. The molecule has 1 aliphatic rings. The first-order valence-corrected chi connectivity index (χ1v) is 6.76. The van der Waals surface area contributed by atoms with Crippen molar-refractivity contribution in [3.63, 3.8) is 0 Å². The Labute approximate surface area is 117 Å². The number of rotatable bonds is 5. The third-order valence-electron chi connectivity index (χ3n) is 3.09. The minimum Gasteiger partial charge on any atom is -0.493 e. The van der Waals surface area contributed by atoms with Crippen LogP contribution in [-0.2, 0) is 25.5 Å². The van der Waals surface area contributed by atoms with Crippen LogP contribution in [0.5, 0.6) is 5.75 Å². The number of benzene rings is 1. The molecular weight excluding hydrogens is 260 g/mol. The highest BCUT2D eigenvalue weighted by Gasteiger charge is 2.32. The standard InChI is InChI=1S/C15H18O5/c1-3-18-14(16)13(15(17)19-4-2)11-5-6-12-10(9-11)7-8-20-12/h5-6,9,13H,3-4,7-8H2,1-2H3. The van der Waals surface area contributed by atoms with Crippen LogP contribution in [0.4, 0.5) is 0 Å². The molecule has 0 aliphatic carbocycles. The predicted molar refractivity (Wildman–Crippen MR) is 71.6 cm³/mol. The highest BCUT2D eigenvalue weighted by molar-refractivity contribution is 6.00. The summed E-state index contributed by atoms with van der Waals surface area (Å²) in [6, 6.07) is 5.31. The maximum Gasteiger partial charge on any atom is 0.324 e. The highest BCUT2D eigenvalue weighted by atomic mass is 16.6.